The number of ether oxygens (including phenoxy) is 2. The molecule has 0 heterocycles. The average molecular weight is 783 g/mol. The average Bonchev–Trinajstić information content (AvgIpc) is 3.16. The van der Waals surface area contributed by atoms with Crippen molar-refractivity contribution < 1.29 is 52.9 Å². The van der Waals surface area contributed by atoms with Crippen LogP contribution in [-0.2, 0) is 32.7 Å². The predicted octanol–water partition coefficient (Wildman–Crippen LogP) is 9.08. The number of phosphoric acid groups is 1. The Labute approximate surface area is 325 Å². The van der Waals surface area contributed by atoms with Gasteiger partial charge in [-0.05, 0) is 70.6 Å². The molecule has 0 saturated heterocycles. The van der Waals surface area contributed by atoms with Gasteiger partial charge in [0.1, 0.15) is 12.7 Å². The number of aliphatic hydroxyl groups excluding tert-OH is 3. The SMILES string of the molecule is CCCCCC/C=C\CCCCCCCC(=O)OC[C@H](COP(=O)(O)OC[C@@H](O)CO)OC(=O)CCC/C=C\C/C=C\C/C=C\C/C=C\C=C\[C@H](O)CC. The standard InChI is InChI=1S/C42H71O11P/c1-3-5-6-7-8-9-10-13-17-20-23-26-29-32-41(46)50-36-40(37-52-54(48,49)51-35-39(45)34-43)53-42(47)33-30-27-24-21-18-15-12-11-14-16-19-22-25-28-31-38(44)4-2/h9-10,12,14-16,21-22,24-25,28,31,38-40,43-45H,3-8,11,13,17-20,23,26-27,29-30,32-37H2,1-2H3,(H,48,49)/b10-9-,15-12-,16-14-,24-21-,25-22-,31-28+/t38-,39+,40-/m1/s1. The summed E-state index contributed by atoms with van der Waals surface area (Å²) in [5.74, 6) is -1.03. The lowest BCUT2D eigenvalue weighted by Gasteiger charge is -2.20. The highest BCUT2D eigenvalue weighted by Gasteiger charge is 2.27. The predicted molar refractivity (Wildman–Crippen MR) is 216 cm³/mol. The second-order valence-corrected chi connectivity index (χ2v) is 14.6. The van der Waals surface area contributed by atoms with E-state index >= 15 is 0 Å². The summed E-state index contributed by atoms with van der Waals surface area (Å²) in [5, 5.41) is 27.7. The van der Waals surface area contributed by atoms with Gasteiger partial charge in [-0.3, -0.25) is 18.6 Å². The molecule has 0 rings (SSSR count). The fourth-order valence-corrected chi connectivity index (χ4v) is 5.53. The normalized spacial score (nSPS) is 15.3. The number of allylic oxidation sites excluding steroid dienone is 11. The lowest BCUT2D eigenvalue weighted by Crippen LogP contribution is -2.29. The fourth-order valence-electron chi connectivity index (χ4n) is 4.74. The summed E-state index contributed by atoms with van der Waals surface area (Å²) in [6.07, 6.45) is 38.3. The van der Waals surface area contributed by atoms with Crippen molar-refractivity contribution in [2.45, 2.75) is 154 Å². The van der Waals surface area contributed by atoms with Crippen molar-refractivity contribution in [3.05, 3.63) is 72.9 Å². The molecule has 0 aromatic carbocycles. The molecule has 0 aliphatic heterocycles. The smallest absolute Gasteiger partial charge is 0.462 e. The van der Waals surface area contributed by atoms with Crippen LogP contribution in [0, 0.1) is 0 Å². The summed E-state index contributed by atoms with van der Waals surface area (Å²) in [7, 11) is -4.64. The molecule has 0 aromatic heterocycles. The van der Waals surface area contributed by atoms with Crippen molar-refractivity contribution in [1.82, 2.24) is 0 Å². The molecule has 4 N–H and O–H groups in total. The van der Waals surface area contributed by atoms with Crippen molar-refractivity contribution in [2.75, 3.05) is 26.4 Å². The van der Waals surface area contributed by atoms with Crippen LogP contribution in [0.5, 0.6) is 0 Å². The lowest BCUT2D eigenvalue weighted by molar-refractivity contribution is -0.161. The molecule has 0 spiro atoms. The van der Waals surface area contributed by atoms with Gasteiger partial charge < -0.3 is 29.7 Å². The van der Waals surface area contributed by atoms with Crippen LogP contribution in [0.15, 0.2) is 72.9 Å². The topological polar surface area (TPSA) is 169 Å². The van der Waals surface area contributed by atoms with Crippen LogP contribution in [0.4, 0.5) is 0 Å². The Bertz CT molecular complexity index is 1150. The maximum Gasteiger partial charge on any atom is 0.472 e. The Morgan fingerprint density at radius 1 is 0.630 bits per heavy atom. The van der Waals surface area contributed by atoms with Crippen molar-refractivity contribution in [2.24, 2.45) is 0 Å². The van der Waals surface area contributed by atoms with E-state index in [9.17, 15) is 29.3 Å². The molecule has 12 heteroatoms. The monoisotopic (exact) mass is 782 g/mol. The third kappa shape index (κ3) is 36.4. The minimum atomic E-state index is -4.64. The van der Waals surface area contributed by atoms with E-state index in [2.05, 4.69) is 47.9 Å². The first kappa shape index (κ1) is 51.4. The molecule has 11 nitrogen and oxygen atoms in total. The summed E-state index contributed by atoms with van der Waals surface area (Å²) in [6.45, 7) is 1.92. The van der Waals surface area contributed by atoms with Gasteiger partial charge in [0.2, 0.25) is 0 Å². The maximum absolute atomic E-state index is 12.6. The zero-order chi connectivity index (χ0) is 40.0. The molecule has 0 fully saturated rings. The number of esters is 2. The number of unbranched alkanes of at least 4 members (excludes halogenated alkanes) is 10. The van der Waals surface area contributed by atoms with E-state index < -0.39 is 57.9 Å². The molecule has 4 atom stereocenters. The van der Waals surface area contributed by atoms with Gasteiger partial charge in [-0.15, -0.1) is 0 Å². The molecule has 0 amide bonds. The number of phosphoric ester groups is 1. The van der Waals surface area contributed by atoms with Crippen LogP contribution in [0.3, 0.4) is 0 Å². The van der Waals surface area contributed by atoms with Gasteiger partial charge in [0.15, 0.2) is 6.10 Å². The summed E-state index contributed by atoms with van der Waals surface area (Å²) >= 11 is 0. The van der Waals surface area contributed by atoms with Crippen LogP contribution >= 0.6 is 7.82 Å². The molecule has 0 aliphatic rings. The quantitative estimate of drug-likeness (QED) is 0.0157. The second-order valence-electron chi connectivity index (χ2n) is 13.1. The van der Waals surface area contributed by atoms with E-state index in [0.717, 1.165) is 57.8 Å². The van der Waals surface area contributed by atoms with Crippen molar-refractivity contribution in [1.29, 1.82) is 0 Å². The van der Waals surface area contributed by atoms with Gasteiger partial charge in [0.25, 0.3) is 0 Å². The van der Waals surface area contributed by atoms with Gasteiger partial charge >= 0.3 is 19.8 Å². The number of carbonyl (C=O) groups is 2. The van der Waals surface area contributed by atoms with Crippen LogP contribution in [0.2, 0.25) is 0 Å². The van der Waals surface area contributed by atoms with Crippen LogP contribution in [0.25, 0.3) is 0 Å². The zero-order valence-electron chi connectivity index (χ0n) is 33.0. The Balaban J connectivity index is 4.50. The van der Waals surface area contributed by atoms with Crippen molar-refractivity contribution >= 4 is 19.8 Å². The lowest BCUT2D eigenvalue weighted by atomic mass is 10.1. The van der Waals surface area contributed by atoms with Gasteiger partial charge in [-0.25, -0.2) is 4.57 Å². The van der Waals surface area contributed by atoms with E-state index in [0.29, 0.717) is 25.7 Å². The highest BCUT2D eigenvalue weighted by Crippen LogP contribution is 2.43. The third-order valence-electron chi connectivity index (χ3n) is 8.00. The van der Waals surface area contributed by atoms with E-state index in [1.807, 2.05) is 37.3 Å². The minimum absolute atomic E-state index is 0.0869. The molecular formula is C42H71O11P. The van der Waals surface area contributed by atoms with Crippen molar-refractivity contribution in [3.63, 3.8) is 0 Å². The molecule has 0 aliphatic carbocycles. The summed E-state index contributed by atoms with van der Waals surface area (Å²) in [5.41, 5.74) is 0. The first-order valence-corrected chi connectivity index (χ1v) is 21.5. The van der Waals surface area contributed by atoms with Gasteiger partial charge in [-0.1, -0.05) is 125 Å². The third-order valence-corrected chi connectivity index (χ3v) is 8.95. The second kappa shape index (κ2) is 37.3. The Kier molecular flexibility index (Phi) is 35.5. The fraction of sp³-hybridized carbons (Fsp3) is 0.667. The first-order chi connectivity index (χ1) is 26.1. The minimum Gasteiger partial charge on any atom is -0.462 e. The summed E-state index contributed by atoms with van der Waals surface area (Å²) in [4.78, 5) is 34.9. The zero-order valence-corrected chi connectivity index (χ0v) is 33.9. The van der Waals surface area contributed by atoms with E-state index in [4.69, 9.17) is 19.1 Å². The number of rotatable bonds is 36. The highest BCUT2D eigenvalue weighted by molar-refractivity contribution is 7.47. The molecule has 0 aromatic rings. The largest absolute Gasteiger partial charge is 0.472 e. The Hall–Kier alpha value is -2.63. The first-order valence-electron chi connectivity index (χ1n) is 20.0. The van der Waals surface area contributed by atoms with E-state index in [1.165, 1.54) is 25.7 Å². The molecule has 54 heavy (non-hydrogen) atoms. The molecule has 0 saturated carbocycles. The van der Waals surface area contributed by atoms with Crippen LogP contribution in [-0.4, -0.2) is 76.9 Å². The summed E-state index contributed by atoms with van der Waals surface area (Å²) < 4.78 is 32.5. The van der Waals surface area contributed by atoms with E-state index in [1.54, 1.807) is 6.08 Å². The Morgan fingerprint density at radius 3 is 1.81 bits per heavy atom. The molecule has 0 radical (unpaired) electrons. The summed E-state index contributed by atoms with van der Waals surface area (Å²) in [6, 6.07) is 0. The molecule has 310 valence electrons. The molecular weight excluding hydrogens is 711 g/mol. The van der Waals surface area contributed by atoms with Gasteiger partial charge in [0, 0.05) is 12.8 Å². The number of carbonyl (C=O) groups excluding carboxylic acids is 2. The van der Waals surface area contributed by atoms with Crippen molar-refractivity contribution in [3.8, 4) is 0 Å². The highest BCUT2D eigenvalue weighted by atomic mass is 31.2. The van der Waals surface area contributed by atoms with E-state index in [-0.39, 0.29) is 19.4 Å². The van der Waals surface area contributed by atoms with Gasteiger partial charge in [-0.2, -0.15) is 0 Å². The number of hydrogen-bond acceptors (Lipinski definition) is 10. The van der Waals surface area contributed by atoms with Crippen LogP contribution < -0.4 is 0 Å². The molecule has 1 unspecified atom stereocenters. The number of aliphatic hydroxyl groups is 3. The number of hydrogen-bond donors (Lipinski definition) is 4. The maximum atomic E-state index is 12.6. The van der Waals surface area contributed by atoms with Crippen LogP contribution in [0.1, 0.15) is 136 Å². The molecule has 0 bridgehead atoms. The van der Waals surface area contributed by atoms with Gasteiger partial charge in [0.05, 0.1) is 25.9 Å². The Morgan fingerprint density at radius 2 is 1.17 bits per heavy atom.